The van der Waals surface area contributed by atoms with Crippen molar-refractivity contribution < 1.29 is 10.2 Å². The van der Waals surface area contributed by atoms with Gasteiger partial charge in [0.1, 0.15) is 0 Å². The van der Waals surface area contributed by atoms with Crippen LogP contribution in [-0.2, 0) is 13.2 Å². The molecule has 2 aromatic heterocycles. The van der Waals surface area contributed by atoms with Gasteiger partial charge in [-0.3, -0.25) is 0 Å². The summed E-state index contributed by atoms with van der Waals surface area (Å²) in [6.07, 6.45) is 1.64. The molecule has 0 spiro atoms. The van der Waals surface area contributed by atoms with Crippen LogP contribution in [0.4, 0.5) is 0 Å². The van der Waals surface area contributed by atoms with Crippen LogP contribution in [0.5, 0.6) is 0 Å². The first kappa shape index (κ1) is 9.72. The molecule has 0 bridgehead atoms. The minimum Gasteiger partial charge on any atom is -0.391 e. The van der Waals surface area contributed by atoms with Gasteiger partial charge in [0.05, 0.1) is 23.8 Å². The van der Waals surface area contributed by atoms with Crippen molar-refractivity contribution in [1.82, 2.24) is 9.97 Å². The molecule has 0 aliphatic rings. The van der Waals surface area contributed by atoms with E-state index in [0.717, 1.165) is 14.9 Å². The zero-order valence-corrected chi connectivity index (χ0v) is 8.81. The normalized spacial score (nSPS) is 10.7. The van der Waals surface area contributed by atoms with Crippen molar-refractivity contribution >= 4 is 22.7 Å². The summed E-state index contributed by atoms with van der Waals surface area (Å²) >= 11 is 2.86. The Morgan fingerprint density at radius 3 is 2.64 bits per heavy atom. The molecule has 2 heterocycles. The Balaban J connectivity index is 2.29. The van der Waals surface area contributed by atoms with Gasteiger partial charge in [-0.2, -0.15) is 0 Å². The lowest BCUT2D eigenvalue weighted by Gasteiger charge is -1.86. The van der Waals surface area contributed by atoms with Crippen LogP contribution in [0.1, 0.15) is 10.6 Å². The summed E-state index contributed by atoms with van der Waals surface area (Å²) in [6, 6.07) is 0. The molecule has 0 radical (unpaired) electrons. The van der Waals surface area contributed by atoms with Crippen LogP contribution in [0.2, 0.25) is 0 Å². The molecular weight excluding hydrogens is 220 g/mol. The highest BCUT2D eigenvalue weighted by Gasteiger charge is 2.08. The summed E-state index contributed by atoms with van der Waals surface area (Å²) in [4.78, 5) is 9.13. The molecule has 2 rings (SSSR count). The van der Waals surface area contributed by atoms with Crippen LogP contribution in [-0.4, -0.2) is 20.2 Å². The number of hydrogen-bond acceptors (Lipinski definition) is 6. The molecule has 4 nitrogen and oxygen atoms in total. The Bertz CT molecular complexity index is 384. The average Bonchev–Trinajstić information content (AvgIpc) is 2.86. The number of hydrogen-bond donors (Lipinski definition) is 2. The second kappa shape index (κ2) is 4.14. The highest BCUT2D eigenvalue weighted by Crippen LogP contribution is 2.27. The lowest BCUT2D eigenvalue weighted by atomic mass is 10.5. The first-order valence-corrected chi connectivity index (χ1v) is 5.64. The van der Waals surface area contributed by atoms with E-state index in [1.807, 2.05) is 0 Å². The van der Waals surface area contributed by atoms with Gasteiger partial charge >= 0.3 is 0 Å². The van der Waals surface area contributed by atoms with E-state index in [0.29, 0.717) is 5.69 Å². The van der Waals surface area contributed by atoms with Crippen LogP contribution >= 0.6 is 22.7 Å². The van der Waals surface area contributed by atoms with Gasteiger partial charge in [0.25, 0.3) is 0 Å². The SMILES string of the molecule is OCc1csc(-c2ncc(CO)s2)n1. The summed E-state index contributed by atoms with van der Waals surface area (Å²) in [5.41, 5.74) is 0.658. The summed E-state index contributed by atoms with van der Waals surface area (Å²) < 4.78 is 0. The van der Waals surface area contributed by atoms with Gasteiger partial charge in [-0.05, 0) is 0 Å². The van der Waals surface area contributed by atoms with Gasteiger partial charge in [0.2, 0.25) is 0 Å². The molecule has 6 heteroatoms. The predicted octanol–water partition coefficient (Wildman–Crippen LogP) is 1.25. The third-order valence-corrected chi connectivity index (χ3v) is 3.62. The average molecular weight is 228 g/mol. The molecule has 0 unspecified atom stereocenters. The maximum atomic E-state index is 8.86. The molecule has 74 valence electrons. The fraction of sp³-hybridized carbons (Fsp3) is 0.250. The molecule has 0 aliphatic heterocycles. The molecule has 2 N–H and O–H groups in total. The molecule has 0 fully saturated rings. The van der Waals surface area contributed by atoms with E-state index in [4.69, 9.17) is 10.2 Å². The van der Waals surface area contributed by atoms with E-state index in [2.05, 4.69) is 9.97 Å². The van der Waals surface area contributed by atoms with E-state index in [9.17, 15) is 0 Å². The third-order valence-electron chi connectivity index (χ3n) is 1.61. The summed E-state index contributed by atoms with van der Waals surface area (Å²) in [5, 5.41) is 21.1. The Hall–Kier alpha value is -0.820. The molecule has 2 aromatic rings. The monoisotopic (exact) mass is 228 g/mol. The zero-order valence-electron chi connectivity index (χ0n) is 7.17. The fourth-order valence-corrected chi connectivity index (χ4v) is 2.58. The van der Waals surface area contributed by atoms with E-state index in [1.165, 1.54) is 22.7 Å². The topological polar surface area (TPSA) is 66.2 Å². The highest BCUT2D eigenvalue weighted by atomic mass is 32.1. The molecule has 0 amide bonds. The van der Waals surface area contributed by atoms with Crippen molar-refractivity contribution in [2.24, 2.45) is 0 Å². The maximum Gasteiger partial charge on any atom is 0.152 e. The lowest BCUT2D eigenvalue weighted by Crippen LogP contribution is -1.81. The van der Waals surface area contributed by atoms with Crippen molar-refractivity contribution in [3.05, 3.63) is 22.1 Å². The van der Waals surface area contributed by atoms with Crippen LogP contribution < -0.4 is 0 Å². The van der Waals surface area contributed by atoms with Gasteiger partial charge < -0.3 is 10.2 Å². The van der Waals surface area contributed by atoms with Crippen molar-refractivity contribution in [2.45, 2.75) is 13.2 Å². The van der Waals surface area contributed by atoms with Crippen molar-refractivity contribution in [3.8, 4) is 10.0 Å². The van der Waals surface area contributed by atoms with Crippen LogP contribution in [0.3, 0.4) is 0 Å². The number of aliphatic hydroxyl groups excluding tert-OH is 2. The predicted molar refractivity (Wildman–Crippen MR) is 55.1 cm³/mol. The molecule has 0 saturated heterocycles. The van der Waals surface area contributed by atoms with Gasteiger partial charge in [0, 0.05) is 11.6 Å². The number of rotatable bonds is 3. The van der Waals surface area contributed by atoms with E-state index in [-0.39, 0.29) is 13.2 Å². The van der Waals surface area contributed by atoms with E-state index < -0.39 is 0 Å². The largest absolute Gasteiger partial charge is 0.391 e. The number of aliphatic hydroxyl groups is 2. The summed E-state index contributed by atoms with van der Waals surface area (Å²) in [6.45, 7) is -0.0371. The van der Waals surface area contributed by atoms with Gasteiger partial charge in [-0.25, -0.2) is 9.97 Å². The molecule has 0 aliphatic carbocycles. The molecule has 14 heavy (non-hydrogen) atoms. The van der Waals surface area contributed by atoms with Crippen LogP contribution in [0, 0.1) is 0 Å². The number of aromatic nitrogens is 2. The van der Waals surface area contributed by atoms with E-state index >= 15 is 0 Å². The van der Waals surface area contributed by atoms with Crippen LogP contribution in [0.15, 0.2) is 11.6 Å². The smallest absolute Gasteiger partial charge is 0.152 e. The standard InChI is InChI=1S/C8H8N2O2S2/c11-2-5-4-13-8(10-5)7-9-1-6(3-12)14-7/h1,4,11-12H,2-3H2. The summed E-state index contributed by atoms with van der Waals surface area (Å²) in [7, 11) is 0. The minimum atomic E-state index is -0.0469. The second-order valence-corrected chi connectivity index (χ2v) is 4.57. The Labute approximate surface area is 88.5 Å². The van der Waals surface area contributed by atoms with Crippen LogP contribution in [0.25, 0.3) is 10.0 Å². The maximum absolute atomic E-state index is 8.86. The summed E-state index contributed by atoms with van der Waals surface area (Å²) in [5.74, 6) is 0. The Morgan fingerprint density at radius 2 is 2.07 bits per heavy atom. The van der Waals surface area contributed by atoms with Crippen molar-refractivity contribution in [3.63, 3.8) is 0 Å². The van der Waals surface area contributed by atoms with Gasteiger partial charge in [0.15, 0.2) is 10.0 Å². The van der Waals surface area contributed by atoms with Crippen molar-refractivity contribution in [2.75, 3.05) is 0 Å². The lowest BCUT2D eigenvalue weighted by molar-refractivity contribution is 0.278. The Kier molecular flexibility index (Phi) is 2.87. The quantitative estimate of drug-likeness (QED) is 0.829. The van der Waals surface area contributed by atoms with Gasteiger partial charge in [-0.1, -0.05) is 0 Å². The number of nitrogens with zero attached hydrogens (tertiary/aromatic N) is 2. The second-order valence-electron chi connectivity index (χ2n) is 2.59. The zero-order chi connectivity index (χ0) is 9.97. The molecule has 0 saturated carbocycles. The van der Waals surface area contributed by atoms with E-state index in [1.54, 1.807) is 11.6 Å². The fourth-order valence-electron chi connectivity index (χ4n) is 0.957. The number of thiazole rings is 2. The minimum absolute atomic E-state index is 0.00982. The molecule has 0 aromatic carbocycles. The molecular formula is C8H8N2O2S2. The first-order chi connectivity index (χ1) is 6.83. The van der Waals surface area contributed by atoms with Crippen molar-refractivity contribution in [1.29, 1.82) is 0 Å². The third kappa shape index (κ3) is 1.83. The highest BCUT2D eigenvalue weighted by molar-refractivity contribution is 7.20. The Morgan fingerprint density at radius 1 is 1.21 bits per heavy atom. The van der Waals surface area contributed by atoms with Gasteiger partial charge in [-0.15, -0.1) is 22.7 Å². The molecule has 0 atom stereocenters. The first-order valence-electron chi connectivity index (χ1n) is 3.94.